The average Bonchev–Trinajstić information content (AvgIpc) is 2.96. The number of hydrogen-bond acceptors (Lipinski definition) is 4. The molecule has 2 aliphatic heterocycles. The van der Waals surface area contributed by atoms with Gasteiger partial charge in [0, 0.05) is 11.1 Å². The van der Waals surface area contributed by atoms with Crippen LogP contribution in [-0.4, -0.2) is 29.9 Å². The summed E-state index contributed by atoms with van der Waals surface area (Å²) in [7, 11) is -7.57. The monoisotopic (exact) mass is 568 g/mol. The molecule has 0 fully saturated rings. The fraction of sp³-hybridized carbons (Fsp3) is 0.125. The molecule has 0 aromatic heterocycles. The molecule has 8 heteroatoms. The molecule has 6 nitrogen and oxygen atoms in total. The Hall–Kier alpha value is -4.14. The lowest BCUT2D eigenvalue weighted by atomic mass is 9.87. The largest absolute Gasteiger partial charge is 0.264 e. The molecule has 0 bridgehead atoms. The zero-order valence-electron chi connectivity index (χ0n) is 22.2. The topological polar surface area (TPSA) is 74.8 Å². The van der Waals surface area contributed by atoms with Gasteiger partial charge in [0.15, 0.2) is 0 Å². The van der Waals surface area contributed by atoms with Crippen molar-refractivity contribution in [1.29, 1.82) is 0 Å². The highest BCUT2D eigenvalue weighted by molar-refractivity contribution is 7.93. The number of aryl methyl sites for hydroxylation is 2. The van der Waals surface area contributed by atoms with Crippen LogP contribution in [0.15, 0.2) is 119 Å². The number of sulfonamides is 2. The van der Waals surface area contributed by atoms with Crippen molar-refractivity contribution in [2.24, 2.45) is 0 Å². The lowest BCUT2D eigenvalue weighted by Crippen LogP contribution is -2.35. The Kier molecular flexibility index (Phi) is 6.40. The normalized spacial score (nSPS) is 15.2. The van der Waals surface area contributed by atoms with Crippen molar-refractivity contribution in [2.45, 2.75) is 23.6 Å². The molecule has 0 radical (unpaired) electrons. The van der Waals surface area contributed by atoms with Gasteiger partial charge in [-0.1, -0.05) is 83.9 Å². The van der Waals surface area contributed by atoms with Crippen LogP contribution in [-0.2, 0) is 20.0 Å². The number of hydrogen-bond donors (Lipinski definition) is 0. The zero-order chi connectivity index (χ0) is 28.1. The lowest BCUT2D eigenvalue weighted by molar-refractivity contribution is 0.591. The maximum absolute atomic E-state index is 13.7. The van der Waals surface area contributed by atoms with Crippen LogP contribution in [0.1, 0.15) is 22.3 Å². The summed E-state index contributed by atoms with van der Waals surface area (Å²) in [5.74, 6) is 0. The molecule has 0 amide bonds. The van der Waals surface area contributed by atoms with Crippen molar-refractivity contribution in [1.82, 2.24) is 0 Å². The van der Waals surface area contributed by atoms with E-state index < -0.39 is 20.0 Å². The number of anilines is 2. The minimum absolute atomic E-state index is 0.160. The molecule has 0 spiro atoms. The van der Waals surface area contributed by atoms with Crippen molar-refractivity contribution >= 4 is 42.6 Å². The predicted octanol–water partition coefficient (Wildman–Crippen LogP) is 6.19. The Bertz CT molecular complexity index is 1750. The van der Waals surface area contributed by atoms with E-state index in [4.69, 9.17) is 0 Å². The van der Waals surface area contributed by atoms with Gasteiger partial charge < -0.3 is 0 Å². The maximum atomic E-state index is 13.7. The molecule has 0 saturated heterocycles. The van der Waals surface area contributed by atoms with Crippen LogP contribution in [0.5, 0.6) is 0 Å². The van der Waals surface area contributed by atoms with E-state index in [1.54, 1.807) is 48.5 Å². The first-order valence-electron chi connectivity index (χ1n) is 13.0. The van der Waals surface area contributed by atoms with Gasteiger partial charge in [-0.15, -0.1) is 0 Å². The molecular formula is C32H28N2O4S2. The molecule has 2 heterocycles. The van der Waals surface area contributed by atoms with Crippen molar-refractivity contribution in [3.05, 3.63) is 131 Å². The maximum Gasteiger partial charge on any atom is 0.264 e. The third-order valence-corrected chi connectivity index (χ3v) is 10.9. The first-order chi connectivity index (χ1) is 19.2. The molecule has 0 saturated carbocycles. The van der Waals surface area contributed by atoms with E-state index in [0.717, 1.165) is 33.4 Å². The summed E-state index contributed by atoms with van der Waals surface area (Å²) in [5, 5.41) is 0. The van der Waals surface area contributed by atoms with Gasteiger partial charge in [0.1, 0.15) is 0 Å². The minimum Gasteiger partial charge on any atom is -0.262 e. The first-order valence-corrected chi connectivity index (χ1v) is 15.8. The summed E-state index contributed by atoms with van der Waals surface area (Å²) in [6.45, 7) is 4.16. The second kappa shape index (κ2) is 9.80. The molecule has 4 aromatic carbocycles. The number of fused-ring (bicyclic) bond motifs is 2. The van der Waals surface area contributed by atoms with Crippen molar-refractivity contribution < 1.29 is 16.8 Å². The lowest BCUT2D eigenvalue weighted by Gasteiger charge is -2.34. The number of para-hydroxylation sites is 2. The highest BCUT2D eigenvalue weighted by Crippen LogP contribution is 2.45. The second-order valence-corrected chi connectivity index (χ2v) is 13.7. The molecule has 40 heavy (non-hydrogen) atoms. The Morgan fingerprint density at radius 3 is 1.23 bits per heavy atom. The molecule has 202 valence electrons. The van der Waals surface area contributed by atoms with E-state index in [-0.39, 0.29) is 22.9 Å². The number of rotatable bonds is 5. The van der Waals surface area contributed by atoms with Crippen molar-refractivity contribution in [3.8, 4) is 0 Å². The summed E-state index contributed by atoms with van der Waals surface area (Å²) in [4.78, 5) is 0.480. The van der Waals surface area contributed by atoms with Gasteiger partial charge in [-0.05, 0) is 61.4 Å². The Balaban J connectivity index is 1.41. The fourth-order valence-corrected chi connectivity index (χ4v) is 8.09. The standard InChI is InChI=1S/C32H28N2O4S2/c1-23-11-15-25(16-12-23)39(35,36)33-21-19-27(29-7-3-5-9-31(29)33)28-20-22-34(32-10-6-4-8-30(28)32)40(37,38)26-17-13-24(2)14-18-26/h3-20H,21-22H2,1-2H3. The molecular weight excluding hydrogens is 540 g/mol. The Morgan fingerprint density at radius 1 is 0.500 bits per heavy atom. The highest BCUT2D eigenvalue weighted by atomic mass is 32.2. The number of allylic oxidation sites excluding steroid dienone is 2. The van der Waals surface area contributed by atoms with Crippen molar-refractivity contribution in [3.63, 3.8) is 0 Å². The van der Waals surface area contributed by atoms with Crippen LogP contribution in [0.4, 0.5) is 11.4 Å². The summed E-state index contributed by atoms with van der Waals surface area (Å²) in [5.41, 5.74) is 6.47. The molecule has 0 N–H and O–H groups in total. The van der Waals surface area contributed by atoms with Crippen LogP contribution in [0.3, 0.4) is 0 Å². The summed E-state index contributed by atoms with van der Waals surface area (Å²) >= 11 is 0. The van der Waals surface area contributed by atoms with Crippen LogP contribution >= 0.6 is 0 Å². The summed E-state index contributed by atoms with van der Waals surface area (Å²) in [6.07, 6.45) is 3.83. The van der Waals surface area contributed by atoms with Crippen LogP contribution in [0, 0.1) is 13.8 Å². The van der Waals surface area contributed by atoms with Crippen LogP contribution < -0.4 is 8.61 Å². The van der Waals surface area contributed by atoms with Crippen LogP contribution in [0.25, 0.3) is 11.1 Å². The highest BCUT2D eigenvalue weighted by Gasteiger charge is 2.34. The molecule has 0 unspecified atom stereocenters. The van der Waals surface area contributed by atoms with Gasteiger partial charge >= 0.3 is 0 Å². The summed E-state index contributed by atoms with van der Waals surface area (Å²) in [6, 6.07) is 28.6. The zero-order valence-corrected chi connectivity index (χ0v) is 23.8. The van der Waals surface area contributed by atoms with Gasteiger partial charge in [0.25, 0.3) is 20.0 Å². The van der Waals surface area contributed by atoms with Gasteiger partial charge in [0.2, 0.25) is 0 Å². The first kappa shape index (κ1) is 26.1. The number of benzene rings is 4. The van der Waals surface area contributed by atoms with Crippen LogP contribution in [0.2, 0.25) is 0 Å². The Morgan fingerprint density at radius 2 is 0.850 bits per heavy atom. The van der Waals surface area contributed by atoms with Gasteiger partial charge in [-0.2, -0.15) is 0 Å². The molecule has 4 aromatic rings. The predicted molar refractivity (Wildman–Crippen MR) is 160 cm³/mol. The van der Waals surface area contributed by atoms with E-state index in [2.05, 4.69) is 0 Å². The molecule has 0 aliphatic carbocycles. The summed E-state index contributed by atoms with van der Waals surface area (Å²) < 4.78 is 57.5. The average molecular weight is 569 g/mol. The third kappa shape index (κ3) is 4.33. The third-order valence-electron chi connectivity index (χ3n) is 7.36. The van der Waals surface area contributed by atoms with Gasteiger partial charge in [0.05, 0.1) is 34.3 Å². The minimum atomic E-state index is -3.79. The van der Waals surface area contributed by atoms with E-state index >= 15 is 0 Å². The van der Waals surface area contributed by atoms with E-state index in [9.17, 15) is 16.8 Å². The second-order valence-electron chi connectivity index (χ2n) is 9.97. The number of nitrogens with zero attached hydrogens (tertiary/aromatic N) is 2. The van der Waals surface area contributed by atoms with Gasteiger partial charge in [-0.25, -0.2) is 16.8 Å². The molecule has 2 aliphatic rings. The molecule has 0 atom stereocenters. The van der Waals surface area contributed by atoms with E-state index in [1.807, 2.05) is 74.5 Å². The molecule has 6 rings (SSSR count). The van der Waals surface area contributed by atoms with E-state index in [0.29, 0.717) is 11.4 Å². The quantitative estimate of drug-likeness (QED) is 0.288. The van der Waals surface area contributed by atoms with Crippen molar-refractivity contribution in [2.75, 3.05) is 21.7 Å². The Labute approximate surface area is 235 Å². The van der Waals surface area contributed by atoms with E-state index in [1.165, 1.54) is 8.61 Å². The fourth-order valence-electron chi connectivity index (χ4n) is 5.24. The smallest absolute Gasteiger partial charge is 0.262 e. The van der Waals surface area contributed by atoms with Gasteiger partial charge in [-0.3, -0.25) is 8.61 Å². The SMILES string of the molecule is Cc1ccc(S(=O)(=O)N2CC=C(C3=CCN(S(=O)(=O)c4ccc(C)cc4)c4ccccc43)c3ccccc32)cc1.